The van der Waals surface area contributed by atoms with Gasteiger partial charge in [-0.1, -0.05) is 41.6 Å². The maximum absolute atomic E-state index is 12.8. The van der Waals surface area contributed by atoms with Crippen molar-refractivity contribution in [1.82, 2.24) is 20.0 Å². The number of fused-ring (bicyclic) bond motifs is 1. The molecule has 1 amide bonds. The first-order chi connectivity index (χ1) is 13.5. The van der Waals surface area contributed by atoms with E-state index in [1.54, 1.807) is 31.2 Å². The van der Waals surface area contributed by atoms with E-state index in [-0.39, 0.29) is 17.9 Å². The number of primary amides is 1. The Morgan fingerprint density at radius 3 is 2.57 bits per heavy atom. The van der Waals surface area contributed by atoms with Crippen LogP contribution in [0.1, 0.15) is 32.2 Å². The summed E-state index contributed by atoms with van der Waals surface area (Å²) in [6, 6.07) is 18.3. The maximum Gasteiger partial charge on any atom is 0.250 e. The zero-order chi connectivity index (χ0) is 19.7. The normalized spacial score (nSPS) is 10.9. The highest BCUT2D eigenvalue weighted by Gasteiger charge is 2.20. The number of nitrogens with two attached hydrogens (primary N) is 1. The number of benzene rings is 2. The molecular weight excluding hydrogens is 354 g/mol. The topological polar surface area (TPSA) is 104 Å². The Labute approximate surface area is 160 Å². The lowest BCUT2D eigenvalue weighted by Crippen LogP contribution is -2.15. The number of nitrogens with zero attached hydrogens (tertiary/aromatic N) is 4. The largest absolute Gasteiger partial charge is 0.366 e. The van der Waals surface area contributed by atoms with Crippen molar-refractivity contribution in [3.05, 3.63) is 83.3 Å². The predicted molar refractivity (Wildman–Crippen MR) is 104 cm³/mol. The first-order valence-electron chi connectivity index (χ1n) is 8.74. The Hall–Kier alpha value is -3.87. The summed E-state index contributed by atoms with van der Waals surface area (Å²) in [6.45, 7) is 1.73. The summed E-state index contributed by atoms with van der Waals surface area (Å²) < 4.78 is 1.46. The SMILES string of the molecule is Cc1c(C(=O)Cc2ccc3ccccc3n2)nnn1-c1ccccc1C(N)=O. The number of carbonyl (C=O) groups is 2. The highest BCUT2D eigenvalue weighted by Crippen LogP contribution is 2.18. The van der Waals surface area contributed by atoms with Gasteiger partial charge in [0, 0.05) is 11.1 Å². The maximum atomic E-state index is 12.8. The fraction of sp³-hybridized carbons (Fsp3) is 0.0952. The molecule has 0 spiro atoms. The number of Topliss-reactive ketones (excluding diaryl/α,β-unsaturated/α-hetero) is 1. The highest BCUT2D eigenvalue weighted by molar-refractivity contribution is 5.98. The van der Waals surface area contributed by atoms with Crippen LogP contribution in [-0.2, 0) is 6.42 Å². The molecule has 0 unspecified atom stereocenters. The summed E-state index contributed by atoms with van der Waals surface area (Å²) in [5.41, 5.74) is 8.52. The Morgan fingerprint density at radius 2 is 1.75 bits per heavy atom. The zero-order valence-electron chi connectivity index (χ0n) is 15.2. The number of hydrogen-bond acceptors (Lipinski definition) is 5. The molecule has 0 saturated heterocycles. The minimum Gasteiger partial charge on any atom is -0.366 e. The van der Waals surface area contributed by atoms with Gasteiger partial charge in [-0.15, -0.1) is 5.10 Å². The summed E-state index contributed by atoms with van der Waals surface area (Å²) in [5.74, 6) is -0.762. The summed E-state index contributed by atoms with van der Waals surface area (Å²) in [4.78, 5) is 29.0. The quantitative estimate of drug-likeness (QED) is 0.543. The van der Waals surface area contributed by atoms with Crippen LogP contribution in [0.3, 0.4) is 0 Å². The van der Waals surface area contributed by atoms with Gasteiger partial charge in [0.2, 0.25) is 0 Å². The van der Waals surface area contributed by atoms with Gasteiger partial charge < -0.3 is 5.73 Å². The molecule has 0 aliphatic rings. The number of rotatable bonds is 5. The minimum atomic E-state index is -0.571. The van der Waals surface area contributed by atoms with Crippen LogP contribution in [0.4, 0.5) is 0 Å². The molecule has 2 N–H and O–H groups in total. The third-order valence-electron chi connectivity index (χ3n) is 4.55. The van der Waals surface area contributed by atoms with Crippen molar-refractivity contribution in [3.8, 4) is 5.69 Å². The van der Waals surface area contributed by atoms with Gasteiger partial charge in [0.05, 0.1) is 28.9 Å². The number of carbonyl (C=O) groups excluding carboxylic acids is 2. The van der Waals surface area contributed by atoms with Gasteiger partial charge >= 0.3 is 0 Å². The highest BCUT2D eigenvalue weighted by atomic mass is 16.1. The van der Waals surface area contributed by atoms with E-state index in [0.717, 1.165) is 10.9 Å². The van der Waals surface area contributed by atoms with E-state index in [4.69, 9.17) is 5.73 Å². The second-order valence-corrected chi connectivity index (χ2v) is 6.41. The number of pyridine rings is 1. The molecule has 2 aromatic carbocycles. The number of para-hydroxylation sites is 2. The second kappa shape index (κ2) is 7.03. The monoisotopic (exact) mass is 371 g/mol. The van der Waals surface area contributed by atoms with Gasteiger partial charge in [0.15, 0.2) is 11.5 Å². The number of hydrogen-bond donors (Lipinski definition) is 1. The summed E-state index contributed by atoms with van der Waals surface area (Å²) in [5, 5.41) is 9.11. The average molecular weight is 371 g/mol. The fourth-order valence-electron chi connectivity index (χ4n) is 3.14. The van der Waals surface area contributed by atoms with Crippen LogP contribution in [0, 0.1) is 6.92 Å². The van der Waals surface area contributed by atoms with Crippen LogP contribution in [0.2, 0.25) is 0 Å². The van der Waals surface area contributed by atoms with Crippen LogP contribution in [0.25, 0.3) is 16.6 Å². The molecule has 0 aliphatic heterocycles. The van der Waals surface area contributed by atoms with E-state index in [1.807, 2.05) is 36.4 Å². The van der Waals surface area contributed by atoms with Gasteiger partial charge in [-0.25, -0.2) is 4.68 Å². The number of ketones is 1. The third-order valence-corrected chi connectivity index (χ3v) is 4.55. The zero-order valence-corrected chi connectivity index (χ0v) is 15.2. The lowest BCUT2D eigenvalue weighted by molar-refractivity contribution is 0.0983. The molecule has 7 heteroatoms. The lowest BCUT2D eigenvalue weighted by atomic mass is 10.1. The van der Waals surface area contributed by atoms with Gasteiger partial charge in [-0.2, -0.15) is 0 Å². The smallest absolute Gasteiger partial charge is 0.250 e. The van der Waals surface area contributed by atoms with Crippen LogP contribution < -0.4 is 5.73 Å². The first kappa shape index (κ1) is 17.5. The molecule has 0 bridgehead atoms. The van der Waals surface area contributed by atoms with E-state index < -0.39 is 5.91 Å². The standard InChI is InChI=1S/C21H17N5O2/c1-13-20(24-25-26(13)18-9-5-3-7-16(18)21(22)28)19(27)12-15-11-10-14-6-2-4-8-17(14)23-15/h2-11H,12H2,1H3,(H2,22,28). The average Bonchev–Trinajstić information content (AvgIpc) is 3.09. The van der Waals surface area contributed by atoms with E-state index in [9.17, 15) is 9.59 Å². The van der Waals surface area contributed by atoms with Crippen molar-refractivity contribution in [2.24, 2.45) is 5.73 Å². The molecule has 0 radical (unpaired) electrons. The Bertz CT molecular complexity index is 1210. The molecule has 4 rings (SSSR count). The fourth-order valence-corrected chi connectivity index (χ4v) is 3.14. The third kappa shape index (κ3) is 3.14. The van der Waals surface area contributed by atoms with Crippen molar-refractivity contribution in [3.63, 3.8) is 0 Å². The number of amides is 1. The van der Waals surface area contributed by atoms with Gasteiger partial charge in [-0.05, 0) is 31.2 Å². The van der Waals surface area contributed by atoms with E-state index in [1.165, 1.54) is 4.68 Å². The van der Waals surface area contributed by atoms with E-state index in [2.05, 4.69) is 15.3 Å². The molecular formula is C21H17N5O2. The van der Waals surface area contributed by atoms with Crippen molar-refractivity contribution >= 4 is 22.6 Å². The number of aromatic nitrogens is 4. The molecule has 2 heterocycles. The Morgan fingerprint density at radius 1 is 1.00 bits per heavy atom. The Kier molecular flexibility index (Phi) is 4.41. The summed E-state index contributed by atoms with van der Waals surface area (Å²) >= 11 is 0. The molecule has 2 aromatic heterocycles. The molecule has 0 atom stereocenters. The van der Waals surface area contributed by atoms with E-state index in [0.29, 0.717) is 22.6 Å². The Balaban J connectivity index is 1.65. The van der Waals surface area contributed by atoms with Gasteiger partial charge in [0.1, 0.15) is 0 Å². The van der Waals surface area contributed by atoms with Gasteiger partial charge in [0.25, 0.3) is 5.91 Å². The molecule has 7 nitrogen and oxygen atoms in total. The van der Waals surface area contributed by atoms with Crippen LogP contribution in [0.15, 0.2) is 60.7 Å². The lowest BCUT2D eigenvalue weighted by Gasteiger charge is -2.07. The van der Waals surface area contributed by atoms with Crippen molar-refractivity contribution in [2.45, 2.75) is 13.3 Å². The van der Waals surface area contributed by atoms with Crippen molar-refractivity contribution < 1.29 is 9.59 Å². The summed E-state index contributed by atoms with van der Waals surface area (Å²) in [6.07, 6.45) is 0.113. The molecule has 4 aromatic rings. The molecule has 138 valence electrons. The predicted octanol–water partition coefficient (Wildman–Crippen LogP) is 2.65. The second-order valence-electron chi connectivity index (χ2n) is 6.41. The van der Waals surface area contributed by atoms with Crippen molar-refractivity contribution in [1.29, 1.82) is 0 Å². The van der Waals surface area contributed by atoms with Crippen molar-refractivity contribution in [2.75, 3.05) is 0 Å². The molecule has 0 aliphatic carbocycles. The van der Waals surface area contributed by atoms with Crippen LogP contribution in [0.5, 0.6) is 0 Å². The molecule has 0 fully saturated rings. The molecule has 0 saturated carbocycles. The van der Waals surface area contributed by atoms with Crippen LogP contribution in [-0.4, -0.2) is 31.7 Å². The first-order valence-corrected chi connectivity index (χ1v) is 8.74. The van der Waals surface area contributed by atoms with E-state index >= 15 is 0 Å². The molecule has 28 heavy (non-hydrogen) atoms. The minimum absolute atomic E-state index is 0.113. The summed E-state index contributed by atoms with van der Waals surface area (Å²) in [7, 11) is 0. The van der Waals surface area contributed by atoms with Crippen LogP contribution >= 0.6 is 0 Å². The van der Waals surface area contributed by atoms with Gasteiger partial charge in [-0.3, -0.25) is 14.6 Å².